The topological polar surface area (TPSA) is 89.3 Å². The molecule has 0 aliphatic rings. The van der Waals surface area contributed by atoms with Gasteiger partial charge >= 0.3 is 0 Å². The number of nitrogens with zero attached hydrogens (tertiary/aromatic N) is 1. The van der Waals surface area contributed by atoms with Gasteiger partial charge in [0, 0.05) is 30.7 Å². The van der Waals surface area contributed by atoms with Gasteiger partial charge in [0.1, 0.15) is 6.29 Å². The molecular formula is C11H12N2O4. The summed E-state index contributed by atoms with van der Waals surface area (Å²) in [7, 11) is 0. The lowest BCUT2D eigenvalue weighted by Crippen LogP contribution is -2.24. The number of nitro benzene ring substituents is 1. The molecule has 1 N–H and O–H groups in total. The number of aldehydes is 1. The van der Waals surface area contributed by atoms with E-state index in [-0.39, 0.29) is 11.6 Å². The minimum Gasteiger partial charge on any atom is -0.352 e. The highest BCUT2D eigenvalue weighted by molar-refractivity contribution is 5.94. The molecule has 6 nitrogen and oxygen atoms in total. The first kappa shape index (κ1) is 12.8. The van der Waals surface area contributed by atoms with E-state index in [1.54, 1.807) is 0 Å². The van der Waals surface area contributed by atoms with E-state index >= 15 is 0 Å². The van der Waals surface area contributed by atoms with Crippen LogP contribution in [0.5, 0.6) is 0 Å². The number of carbonyl (C=O) groups excluding carboxylic acids is 2. The quantitative estimate of drug-likeness (QED) is 0.349. The van der Waals surface area contributed by atoms with Crippen LogP contribution in [-0.4, -0.2) is 23.7 Å². The molecule has 0 atom stereocenters. The lowest BCUT2D eigenvalue weighted by Gasteiger charge is -2.03. The Balaban J connectivity index is 2.51. The van der Waals surface area contributed by atoms with Crippen molar-refractivity contribution in [1.29, 1.82) is 0 Å². The SMILES string of the molecule is O=CCCCNC(=O)c1ccc([N+](=O)[O-])cc1. The Hall–Kier alpha value is -2.24. The second-order valence-corrected chi connectivity index (χ2v) is 3.37. The molecule has 0 saturated heterocycles. The normalized spacial score (nSPS) is 9.65. The third-order valence-electron chi connectivity index (χ3n) is 2.12. The van der Waals surface area contributed by atoms with Crippen molar-refractivity contribution in [2.24, 2.45) is 0 Å². The molecular weight excluding hydrogens is 224 g/mol. The van der Waals surface area contributed by atoms with Crippen molar-refractivity contribution >= 4 is 17.9 Å². The largest absolute Gasteiger partial charge is 0.352 e. The van der Waals surface area contributed by atoms with Crippen LogP contribution in [0.15, 0.2) is 24.3 Å². The van der Waals surface area contributed by atoms with Crippen LogP contribution in [0.1, 0.15) is 23.2 Å². The summed E-state index contributed by atoms with van der Waals surface area (Å²) < 4.78 is 0. The van der Waals surface area contributed by atoms with Gasteiger partial charge in [0.25, 0.3) is 11.6 Å². The van der Waals surface area contributed by atoms with Crippen LogP contribution in [0.3, 0.4) is 0 Å². The lowest BCUT2D eigenvalue weighted by molar-refractivity contribution is -0.384. The maximum Gasteiger partial charge on any atom is 0.269 e. The second kappa shape index (κ2) is 6.37. The Morgan fingerprint density at radius 1 is 1.35 bits per heavy atom. The molecule has 0 spiro atoms. The summed E-state index contributed by atoms with van der Waals surface area (Å²) >= 11 is 0. The summed E-state index contributed by atoms with van der Waals surface area (Å²) in [4.78, 5) is 31.4. The average molecular weight is 236 g/mol. The predicted octanol–water partition coefficient (Wildman–Crippen LogP) is 1.30. The molecule has 6 heteroatoms. The molecule has 0 aliphatic heterocycles. The standard InChI is InChI=1S/C11H12N2O4/c14-8-2-1-7-12-11(15)9-3-5-10(6-4-9)13(16)17/h3-6,8H,1-2,7H2,(H,12,15). The minimum atomic E-state index is -0.522. The van der Waals surface area contributed by atoms with E-state index in [1.165, 1.54) is 24.3 Å². The van der Waals surface area contributed by atoms with Gasteiger partial charge in [-0.15, -0.1) is 0 Å². The fourth-order valence-corrected chi connectivity index (χ4v) is 1.22. The van der Waals surface area contributed by atoms with Crippen molar-refractivity contribution in [2.45, 2.75) is 12.8 Å². The van der Waals surface area contributed by atoms with E-state index in [0.717, 1.165) is 6.29 Å². The molecule has 1 rings (SSSR count). The predicted molar refractivity (Wildman–Crippen MR) is 60.7 cm³/mol. The van der Waals surface area contributed by atoms with Crippen molar-refractivity contribution in [3.63, 3.8) is 0 Å². The maximum absolute atomic E-state index is 11.5. The lowest BCUT2D eigenvalue weighted by atomic mass is 10.2. The highest BCUT2D eigenvalue weighted by Gasteiger charge is 2.08. The first-order chi connectivity index (χ1) is 8.15. The monoisotopic (exact) mass is 236 g/mol. The number of unbranched alkanes of at least 4 members (excludes halogenated alkanes) is 1. The number of carbonyl (C=O) groups is 2. The molecule has 0 aromatic heterocycles. The maximum atomic E-state index is 11.5. The summed E-state index contributed by atoms with van der Waals surface area (Å²) in [5.41, 5.74) is 0.309. The number of nitro groups is 1. The molecule has 0 heterocycles. The van der Waals surface area contributed by atoms with Crippen LogP contribution < -0.4 is 5.32 Å². The number of amides is 1. The Bertz CT molecular complexity index is 414. The van der Waals surface area contributed by atoms with Gasteiger partial charge in [-0.25, -0.2) is 0 Å². The molecule has 1 amide bonds. The van der Waals surface area contributed by atoms with Crippen LogP contribution in [0.25, 0.3) is 0 Å². The number of non-ortho nitro benzene ring substituents is 1. The van der Waals surface area contributed by atoms with Crippen LogP contribution >= 0.6 is 0 Å². The fourth-order valence-electron chi connectivity index (χ4n) is 1.22. The number of rotatable bonds is 6. The molecule has 0 bridgehead atoms. The number of hydrogen-bond acceptors (Lipinski definition) is 4. The van der Waals surface area contributed by atoms with E-state index in [9.17, 15) is 19.7 Å². The van der Waals surface area contributed by atoms with Gasteiger partial charge in [-0.2, -0.15) is 0 Å². The summed E-state index contributed by atoms with van der Waals surface area (Å²) in [6.07, 6.45) is 1.78. The first-order valence-corrected chi connectivity index (χ1v) is 5.11. The molecule has 0 fully saturated rings. The minimum absolute atomic E-state index is 0.0532. The van der Waals surface area contributed by atoms with Crippen molar-refractivity contribution in [1.82, 2.24) is 5.32 Å². The second-order valence-electron chi connectivity index (χ2n) is 3.37. The summed E-state index contributed by atoms with van der Waals surface area (Å²) in [6, 6.07) is 5.35. The zero-order chi connectivity index (χ0) is 12.7. The molecule has 0 saturated carbocycles. The van der Waals surface area contributed by atoms with E-state index in [1.807, 2.05) is 0 Å². The van der Waals surface area contributed by atoms with Crippen LogP contribution in [-0.2, 0) is 4.79 Å². The average Bonchev–Trinajstić information content (AvgIpc) is 2.34. The summed E-state index contributed by atoms with van der Waals surface area (Å²) in [6.45, 7) is 0.411. The van der Waals surface area contributed by atoms with Gasteiger partial charge in [0.05, 0.1) is 4.92 Å². The summed E-state index contributed by atoms with van der Waals surface area (Å²) in [5.74, 6) is -0.300. The molecule has 1 aromatic carbocycles. The van der Waals surface area contributed by atoms with E-state index in [4.69, 9.17) is 0 Å². The molecule has 0 aliphatic carbocycles. The van der Waals surface area contributed by atoms with Crippen molar-refractivity contribution in [2.75, 3.05) is 6.54 Å². The van der Waals surface area contributed by atoms with Crippen LogP contribution in [0, 0.1) is 10.1 Å². The fraction of sp³-hybridized carbons (Fsp3) is 0.273. The number of hydrogen-bond donors (Lipinski definition) is 1. The Kier molecular flexibility index (Phi) is 4.80. The van der Waals surface area contributed by atoms with Gasteiger partial charge in [-0.05, 0) is 18.6 Å². The smallest absolute Gasteiger partial charge is 0.269 e. The van der Waals surface area contributed by atoms with Gasteiger partial charge in [-0.1, -0.05) is 0 Å². The molecule has 90 valence electrons. The van der Waals surface area contributed by atoms with Crippen LogP contribution in [0.2, 0.25) is 0 Å². The zero-order valence-electron chi connectivity index (χ0n) is 9.09. The highest BCUT2D eigenvalue weighted by atomic mass is 16.6. The third kappa shape index (κ3) is 4.02. The molecule has 1 aromatic rings. The number of nitrogens with one attached hydrogen (secondary N) is 1. The highest BCUT2D eigenvalue weighted by Crippen LogP contribution is 2.11. The van der Waals surface area contributed by atoms with E-state index in [2.05, 4.69) is 5.32 Å². The number of benzene rings is 1. The summed E-state index contributed by atoms with van der Waals surface area (Å²) in [5, 5.41) is 13.0. The van der Waals surface area contributed by atoms with Crippen molar-refractivity contribution in [3.8, 4) is 0 Å². The van der Waals surface area contributed by atoms with Crippen molar-refractivity contribution in [3.05, 3.63) is 39.9 Å². The Morgan fingerprint density at radius 2 is 2.00 bits per heavy atom. The molecule has 0 unspecified atom stereocenters. The molecule has 17 heavy (non-hydrogen) atoms. The third-order valence-corrected chi connectivity index (χ3v) is 2.12. The van der Waals surface area contributed by atoms with Gasteiger partial charge in [0.2, 0.25) is 0 Å². The Labute approximate surface area is 97.8 Å². The zero-order valence-corrected chi connectivity index (χ0v) is 9.09. The van der Waals surface area contributed by atoms with Crippen LogP contribution in [0.4, 0.5) is 5.69 Å². The first-order valence-electron chi connectivity index (χ1n) is 5.11. The van der Waals surface area contributed by atoms with Gasteiger partial charge in [-0.3, -0.25) is 14.9 Å². The van der Waals surface area contributed by atoms with E-state index < -0.39 is 4.92 Å². The van der Waals surface area contributed by atoms with Crippen molar-refractivity contribution < 1.29 is 14.5 Å². The van der Waals surface area contributed by atoms with E-state index in [0.29, 0.717) is 24.9 Å². The van der Waals surface area contributed by atoms with Gasteiger partial charge in [0.15, 0.2) is 0 Å². The Morgan fingerprint density at radius 3 is 2.53 bits per heavy atom. The van der Waals surface area contributed by atoms with Gasteiger partial charge < -0.3 is 10.1 Å². The molecule has 0 radical (unpaired) electrons.